The summed E-state index contributed by atoms with van der Waals surface area (Å²) in [5.41, 5.74) is 2.68. The SMILES string of the molecule is CC(C)[Si]1(C(C)C)OC[C@@H](O)[C@H](C[C@@H](O)c2cc3ccccc3n2C)O[Si](C(C)C)(C(C)C)O1. The number of fused-ring (bicyclic) bond motifs is 1. The van der Waals surface area contributed by atoms with E-state index in [4.69, 9.17) is 13.0 Å². The molecule has 0 radical (unpaired) electrons. The average molecular weight is 508 g/mol. The molecule has 1 aromatic heterocycles. The number of nitrogens with zero attached hydrogens (tertiary/aromatic N) is 1. The van der Waals surface area contributed by atoms with Crippen molar-refractivity contribution in [3.05, 3.63) is 36.0 Å². The van der Waals surface area contributed by atoms with Gasteiger partial charge in [-0.25, -0.2) is 0 Å². The second kappa shape index (κ2) is 10.5. The van der Waals surface area contributed by atoms with Crippen LogP contribution in [0, 0.1) is 0 Å². The number of aliphatic hydroxyl groups excluding tert-OH is 2. The molecule has 0 spiro atoms. The van der Waals surface area contributed by atoms with Crippen molar-refractivity contribution in [3.8, 4) is 0 Å². The zero-order valence-electron chi connectivity index (χ0n) is 22.4. The molecule has 1 aliphatic rings. The molecule has 8 heteroatoms. The molecule has 0 bridgehead atoms. The van der Waals surface area contributed by atoms with Gasteiger partial charge in [-0.15, -0.1) is 0 Å². The number of aliphatic hydroxyl groups is 2. The maximum absolute atomic E-state index is 11.3. The van der Waals surface area contributed by atoms with E-state index in [0.717, 1.165) is 16.6 Å². The zero-order chi connectivity index (χ0) is 25.4. The predicted molar refractivity (Wildman–Crippen MR) is 142 cm³/mol. The average Bonchev–Trinajstić information content (AvgIpc) is 3.09. The molecule has 6 nitrogen and oxygen atoms in total. The molecule has 0 saturated carbocycles. The Balaban J connectivity index is 1.98. The van der Waals surface area contributed by atoms with Crippen molar-refractivity contribution in [3.63, 3.8) is 0 Å². The van der Waals surface area contributed by atoms with Crippen LogP contribution in [0.5, 0.6) is 0 Å². The summed E-state index contributed by atoms with van der Waals surface area (Å²) in [6.07, 6.45) is -1.90. The minimum atomic E-state index is -2.84. The number of para-hydroxylation sites is 1. The van der Waals surface area contributed by atoms with E-state index < -0.39 is 35.4 Å². The molecule has 1 fully saturated rings. The van der Waals surface area contributed by atoms with Crippen molar-refractivity contribution in [2.45, 2.75) is 102 Å². The van der Waals surface area contributed by atoms with E-state index in [1.807, 2.05) is 41.9 Å². The summed E-state index contributed by atoms with van der Waals surface area (Å²) >= 11 is 0. The number of hydrogen-bond acceptors (Lipinski definition) is 5. The lowest BCUT2D eigenvalue weighted by Gasteiger charge is -2.51. The topological polar surface area (TPSA) is 73.1 Å². The zero-order valence-corrected chi connectivity index (χ0v) is 24.4. The van der Waals surface area contributed by atoms with Gasteiger partial charge in [0.15, 0.2) is 0 Å². The first-order chi connectivity index (χ1) is 15.9. The van der Waals surface area contributed by atoms with Crippen molar-refractivity contribution in [1.29, 1.82) is 0 Å². The third-order valence-electron chi connectivity index (χ3n) is 7.57. The Kier molecular flexibility index (Phi) is 8.55. The summed E-state index contributed by atoms with van der Waals surface area (Å²) in [6, 6.07) is 10.1. The Hall–Kier alpha value is -1.01. The van der Waals surface area contributed by atoms with Crippen LogP contribution in [-0.4, -0.2) is 50.7 Å². The molecule has 34 heavy (non-hydrogen) atoms. The van der Waals surface area contributed by atoms with E-state index in [-0.39, 0.29) is 35.2 Å². The molecule has 3 rings (SSSR count). The van der Waals surface area contributed by atoms with Gasteiger partial charge >= 0.3 is 17.1 Å². The third-order valence-corrected chi connectivity index (χ3v) is 17.8. The quantitative estimate of drug-likeness (QED) is 0.455. The minimum absolute atomic E-state index is 0.162. The number of hydrogen-bond donors (Lipinski definition) is 2. The third kappa shape index (κ3) is 4.96. The highest BCUT2D eigenvalue weighted by Crippen LogP contribution is 2.46. The summed E-state index contributed by atoms with van der Waals surface area (Å²) in [4.78, 5) is 0. The molecule has 1 aliphatic heterocycles. The van der Waals surface area contributed by atoms with Crippen LogP contribution >= 0.6 is 0 Å². The molecule has 192 valence electrons. The number of benzene rings is 1. The van der Waals surface area contributed by atoms with Gasteiger partial charge in [0.05, 0.1) is 18.8 Å². The summed E-state index contributed by atoms with van der Waals surface area (Å²) in [5, 5.41) is 23.7. The largest absolute Gasteiger partial charge is 0.414 e. The van der Waals surface area contributed by atoms with Crippen molar-refractivity contribution < 1.29 is 23.2 Å². The monoisotopic (exact) mass is 507 g/mol. The maximum atomic E-state index is 11.3. The Morgan fingerprint density at radius 1 is 0.941 bits per heavy atom. The Labute approximate surface area is 207 Å². The van der Waals surface area contributed by atoms with Gasteiger partial charge in [0.2, 0.25) is 0 Å². The molecule has 3 atom stereocenters. The number of rotatable bonds is 7. The van der Waals surface area contributed by atoms with E-state index in [1.54, 1.807) is 0 Å². The molecule has 2 N–H and O–H groups in total. The summed E-state index contributed by atoms with van der Waals surface area (Å²) in [5.74, 6) is 0. The summed E-state index contributed by atoms with van der Waals surface area (Å²) in [7, 11) is -3.55. The van der Waals surface area contributed by atoms with Crippen LogP contribution in [0.4, 0.5) is 0 Å². The molecule has 2 aromatic rings. The van der Waals surface area contributed by atoms with Gasteiger partial charge in [-0.2, -0.15) is 0 Å². The Morgan fingerprint density at radius 2 is 1.50 bits per heavy atom. The first-order valence-electron chi connectivity index (χ1n) is 12.8. The minimum Gasteiger partial charge on any atom is -0.414 e. The first kappa shape index (κ1) is 27.6. The predicted octanol–water partition coefficient (Wildman–Crippen LogP) is 5.92. The molecule has 1 aromatic carbocycles. The molecule has 0 amide bonds. The van der Waals surface area contributed by atoms with Gasteiger partial charge in [-0.3, -0.25) is 0 Å². The molecular weight excluding hydrogens is 462 g/mol. The summed E-state index contributed by atoms with van der Waals surface area (Å²) in [6.45, 7) is 17.5. The fraction of sp³-hybridized carbons (Fsp3) is 0.692. The summed E-state index contributed by atoms with van der Waals surface area (Å²) < 4.78 is 22.7. The fourth-order valence-corrected chi connectivity index (χ4v) is 16.8. The Bertz CT molecular complexity index is 942. The lowest BCUT2D eigenvalue weighted by Crippen LogP contribution is -2.65. The van der Waals surface area contributed by atoms with Gasteiger partial charge in [-0.05, 0) is 39.7 Å². The fourth-order valence-electron chi connectivity index (χ4n) is 5.53. The van der Waals surface area contributed by atoms with Crippen molar-refractivity contribution in [2.75, 3.05) is 6.61 Å². The van der Waals surface area contributed by atoms with E-state index in [0.29, 0.717) is 0 Å². The molecule has 0 unspecified atom stereocenters. The van der Waals surface area contributed by atoms with Crippen LogP contribution in [0.3, 0.4) is 0 Å². The number of aryl methyl sites for hydroxylation is 1. The van der Waals surface area contributed by atoms with Crippen LogP contribution in [0.1, 0.15) is 73.6 Å². The lowest BCUT2D eigenvalue weighted by molar-refractivity contribution is -0.0557. The van der Waals surface area contributed by atoms with Gasteiger partial charge in [0.25, 0.3) is 0 Å². The van der Waals surface area contributed by atoms with Crippen LogP contribution < -0.4 is 0 Å². The second-order valence-corrected chi connectivity index (χ2v) is 20.0. The van der Waals surface area contributed by atoms with Crippen molar-refractivity contribution in [2.24, 2.45) is 7.05 Å². The van der Waals surface area contributed by atoms with Crippen molar-refractivity contribution in [1.82, 2.24) is 4.57 Å². The van der Waals surface area contributed by atoms with E-state index in [1.165, 1.54) is 0 Å². The smallest absolute Gasteiger partial charge is 0.335 e. The Morgan fingerprint density at radius 3 is 2.03 bits per heavy atom. The van der Waals surface area contributed by atoms with Crippen molar-refractivity contribution >= 4 is 28.0 Å². The van der Waals surface area contributed by atoms with Crippen LogP contribution in [0.2, 0.25) is 22.2 Å². The van der Waals surface area contributed by atoms with Gasteiger partial charge < -0.3 is 27.7 Å². The first-order valence-corrected chi connectivity index (χ1v) is 16.7. The van der Waals surface area contributed by atoms with Gasteiger partial charge in [-0.1, -0.05) is 73.6 Å². The van der Waals surface area contributed by atoms with Crippen LogP contribution in [0.25, 0.3) is 10.9 Å². The van der Waals surface area contributed by atoms with Crippen LogP contribution in [0.15, 0.2) is 30.3 Å². The maximum Gasteiger partial charge on any atom is 0.335 e. The van der Waals surface area contributed by atoms with Crippen LogP contribution in [-0.2, 0) is 20.0 Å². The highest BCUT2D eigenvalue weighted by atomic mass is 28.5. The number of aromatic nitrogens is 1. The van der Waals surface area contributed by atoms with E-state index >= 15 is 0 Å². The normalized spacial score (nSPS) is 24.2. The van der Waals surface area contributed by atoms with E-state index in [9.17, 15) is 10.2 Å². The van der Waals surface area contributed by atoms with Gasteiger partial charge in [0, 0.05) is 24.7 Å². The molecular formula is C26H45NO5Si2. The van der Waals surface area contributed by atoms with E-state index in [2.05, 4.69) is 55.4 Å². The lowest BCUT2D eigenvalue weighted by atomic mass is 10.0. The highest BCUT2D eigenvalue weighted by Gasteiger charge is 2.58. The molecule has 0 aliphatic carbocycles. The highest BCUT2D eigenvalue weighted by molar-refractivity contribution is 6.83. The standard InChI is InChI=1S/C26H45NO5Si2/c1-17(2)33(18(3)4)30-16-25(29)26(31-34(32-33,19(5)6)20(7)8)15-24(28)23-14-21-12-10-11-13-22(21)27(23)9/h10-14,17-20,24-26,28-29H,15-16H2,1-9H3/t24-,25-,26+/m1/s1. The second-order valence-electron chi connectivity index (χ2n) is 11.1. The molecule has 1 saturated heterocycles. The molecule has 2 heterocycles. The van der Waals surface area contributed by atoms with Gasteiger partial charge in [0.1, 0.15) is 6.10 Å².